The molecule has 0 fully saturated rings. The van der Waals surface area contributed by atoms with Gasteiger partial charge in [0.25, 0.3) is 0 Å². The van der Waals surface area contributed by atoms with Crippen LogP contribution in [0.5, 0.6) is 0 Å². The van der Waals surface area contributed by atoms with Gasteiger partial charge in [-0.05, 0) is 32.1 Å². The molecule has 15 heavy (non-hydrogen) atoms. The number of hydrogen-bond donors (Lipinski definition) is 1. The Kier molecular flexibility index (Phi) is 2.36. The first-order valence-corrected chi connectivity index (χ1v) is 4.98. The lowest BCUT2D eigenvalue weighted by atomic mass is 10.0. The van der Waals surface area contributed by atoms with Crippen molar-refractivity contribution in [2.24, 2.45) is 0 Å². The first-order valence-electron chi connectivity index (χ1n) is 4.98. The number of allylic oxidation sites excluding steroid dienone is 3. The van der Waals surface area contributed by atoms with E-state index in [9.17, 15) is 4.79 Å². The Morgan fingerprint density at radius 1 is 1.60 bits per heavy atom. The Bertz CT molecular complexity index is 371. The maximum absolute atomic E-state index is 11.7. The van der Waals surface area contributed by atoms with Crippen LogP contribution in [0.2, 0.25) is 0 Å². The number of carbonyl (C=O) groups excluding carboxylic acids is 1. The minimum Gasteiger partial charge on any atom is -0.464 e. The van der Waals surface area contributed by atoms with E-state index in [1.807, 2.05) is 35.5 Å². The molecule has 0 aliphatic carbocycles. The van der Waals surface area contributed by atoms with Crippen LogP contribution in [0.1, 0.15) is 13.8 Å². The molecule has 1 unspecified atom stereocenters. The second-order valence-corrected chi connectivity index (χ2v) is 3.67. The zero-order valence-corrected chi connectivity index (χ0v) is 8.86. The summed E-state index contributed by atoms with van der Waals surface area (Å²) in [6.07, 6.45) is 9.51. The molecule has 0 aromatic heterocycles. The molecule has 0 radical (unpaired) electrons. The van der Waals surface area contributed by atoms with Gasteiger partial charge in [-0.3, -0.25) is 5.01 Å². The van der Waals surface area contributed by atoms with Crippen LogP contribution in [-0.2, 0) is 9.53 Å². The van der Waals surface area contributed by atoms with E-state index in [1.54, 1.807) is 13.8 Å². The molecular formula is C11H14N2O2. The maximum Gasteiger partial charge on any atom is 0.331 e. The van der Waals surface area contributed by atoms with Crippen molar-refractivity contribution in [3.63, 3.8) is 0 Å². The van der Waals surface area contributed by atoms with Gasteiger partial charge in [-0.15, -0.1) is 0 Å². The predicted octanol–water partition coefficient (Wildman–Crippen LogP) is 1.10. The van der Waals surface area contributed by atoms with Gasteiger partial charge in [0.1, 0.15) is 0 Å². The Morgan fingerprint density at radius 3 is 3.07 bits per heavy atom. The number of fused-ring (bicyclic) bond motifs is 1. The molecule has 1 N–H and O–H groups in total. The summed E-state index contributed by atoms with van der Waals surface area (Å²) in [7, 11) is 0. The third-order valence-electron chi connectivity index (χ3n) is 2.38. The van der Waals surface area contributed by atoms with Crippen molar-refractivity contribution in [3.8, 4) is 0 Å². The highest BCUT2D eigenvalue weighted by atomic mass is 16.5. The summed E-state index contributed by atoms with van der Waals surface area (Å²) >= 11 is 0. The second kappa shape index (κ2) is 3.55. The highest BCUT2D eigenvalue weighted by Crippen LogP contribution is 2.25. The van der Waals surface area contributed by atoms with E-state index in [0.29, 0.717) is 6.61 Å². The quantitative estimate of drug-likeness (QED) is 0.687. The number of hydrazine groups is 1. The van der Waals surface area contributed by atoms with Crippen molar-refractivity contribution < 1.29 is 9.53 Å². The maximum atomic E-state index is 11.7. The first kappa shape index (κ1) is 9.98. The third-order valence-corrected chi connectivity index (χ3v) is 2.38. The lowest BCUT2D eigenvalue weighted by molar-refractivity contribution is -0.149. The molecule has 80 valence electrons. The SMILES string of the molecule is CCOC(=O)C1(C)C=C2C=CC=CN2N1. The summed E-state index contributed by atoms with van der Waals surface area (Å²) in [5, 5.41) is 1.82. The average Bonchev–Trinajstić information content (AvgIpc) is 2.56. The molecule has 0 saturated heterocycles. The summed E-state index contributed by atoms with van der Waals surface area (Å²) in [5.41, 5.74) is 3.29. The highest BCUT2D eigenvalue weighted by Gasteiger charge is 2.39. The summed E-state index contributed by atoms with van der Waals surface area (Å²) in [5.74, 6) is -0.256. The van der Waals surface area contributed by atoms with Gasteiger partial charge in [0.2, 0.25) is 0 Å². The van der Waals surface area contributed by atoms with Gasteiger partial charge in [-0.1, -0.05) is 6.08 Å². The van der Waals surface area contributed by atoms with E-state index >= 15 is 0 Å². The smallest absolute Gasteiger partial charge is 0.331 e. The average molecular weight is 206 g/mol. The number of carbonyl (C=O) groups is 1. The zero-order chi connectivity index (χ0) is 10.9. The normalized spacial score (nSPS) is 27.6. The van der Waals surface area contributed by atoms with E-state index in [2.05, 4.69) is 5.43 Å². The Hall–Kier alpha value is -1.55. The fraction of sp³-hybridized carbons (Fsp3) is 0.364. The Balaban J connectivity index is 2.20. The number of hydrogen-bond acceptors (Lipinski definition) is 4. The van der Waals surface area contributed by atoms with Gasteiger partial charge < -0.3 is 4.74 Å². The fourth-order valence-corrected chi connectivity index (χ4v) is 1.64. The molecule has 2 aliphatic heterocycles. The van der Waals surface area contributed by atoms with Crippen LogP contribution in [0.15, 0.2) is 36.2 Å². The third kappa shape index (κ3) is 1.68. The highest BCUT2D eigenvalue weighted by molar-refractivity contribution is 5.84. The zero-order valence-electron chi connectivity index (χ0n) is 8.86. The Labute approximate surface area is 88.9 Å². The topological polar surface area (TPSA) is 41.6 Å². The first-order chi connectivity index (χ1) is 7.15. The molecule has 2 aliphatic rings. The molecule has 2 rings (SSSR count). The van der Waals surface area contributed by atoms with Gasteiger partial charge in [0.05, 0.1) is 12.3 Å². The van der Waals surface area contributed by atoms with Crippen molar-refractivity contribution >= 4 is 5.97 Å². The van der Waals surface area contributed by atoms with Crippen molar-refractivity contribution in [1.82, 2.24) is 10.4 Å². The van der Waals surface area contributed by atoms with Crippen LogP contribution < -0.4 is 5.43 Å². The van der Waals surface area contributed by atoms with E-state index in [-0.39, 0.29) is 5.97 Å². The van der Waals surface area contributed by atoms with Gasteiger partial charge >= 0.3 is 5.97 Å². The minimum atomic E-state index is -0.760. The molecule has 4 nitrogen and oxygen atoms in total. The summed E-state index contributed by atoms with van der Waals surface area (Å²) < 4.78 is 5.01. The summed E-state index contributed by atoms with van der Waals surface area (Å²) in [4.78, 5) is 11.7. The molecular weight excluding hydrogens is 192 g/mol. The van der Waals surface area contributed by atoms with Crippen LogP contribution in [-0.4, -0.2) is 23.1 Å². The van der Waals surface area contributed by atoms with Crippen molar-refractivity contribution in [2.75, 3.05) is 6.61 Å². The summed E-state index contributed by atoms with van der Waals surface area (Å²) in [6, 6.07) is 0. The molecule has 2 heterocycles. The molecule has 0 amide bonds. The largest absolute Gasteiger partial charge is 0.464 e. The van der Waals surface area contributed by atoms with Crippen LogP contribution in [0.3, 0.4) is 0 Å². The summed E-state index contributed by atoms with van der Waals surface area (Å²) in [6.45, 7) is 4.00. The van der Waals surface area contributed by atoms with E-state index in [1.165, 1.54) is 0 Å². The lowest BCUT2D eigenvalue weighted by Crippen LogP contribution is -2.49. The van der Waals surface area contributed by atoms with Gasteiger partial charge in [0, 0.05) is 6.20 Å². The van der Waals surface area contributed by atoms with Crippen molar-refractivity contribution in [2.45, 2.75) is 19.4 Å². The standard InChI is InChI=1S/C11H14N2O2/c1-3-15-10(14)11(2)8-9-6-4-5-7-13(9)12-11/h4-8,12H,3H2,1-2H3. The van der Waals surface area contributed by atoms with E-state index in [0.717, 1.165) is 5.70 Å². The number of nitrogens with one attached hydrogen (secondary N) is 1. The van der Waals surface area contributed by atoms with Gasteiger partial charge in [-0.2, -0.15) is 0 Å². The number of esters is 1. The predicted molar refractivity (Wildman–Crippen MR) is 56.4 cm³/mol. The molecule has 0 bridgehead atoms. The van der Waals surface area contributed by atoms with Crippen LogP contribution in [0.4, 0.5) is 0 Å². The molecule has 0 saturated carbocycles. The van der Waals surface area contributed by atoms with Gasteiger partial charge in [-0.25, -0.2) is 10.2 Å². The minimum absolute atomic E-state index is 0.256. The fourth-order valence-electron chi connectivity index (χ4n) is 1.64. The number of nitrogens with zero attached hydrogens (tertiary/aromatic N) is 1. The second-order valence-electron chi connectivity index (χ2n) is 3.67. The molecule has 1 atom stereocenters. The van der Waals surface area contributed by atoms with Crippen molar-refractivity contribution in [1.29, 1.82) is 0 Å². The number of rotatable bonds is 2. The van der Waals surface area contributed by atoms with Crippen LogP contribution in [0.25, 0.3) is 0 Å². The monoisotopic (exact) mass is 206 g/mol. The molecule has 4 heteroatoms. The van der Waals surface area contributed by atoms with Gasteiger partial charge in [0.15, 0.2) is 5.54 Å². The van der Waals surface area contributed by atoms with Crippen LogP contribution in [0, 0.1) is 0 Å². The molecule has 0 spiro atoms. The molecule has 0 aromatic carbocycles. The van der Waals surface area contributed by atoms with Crippen LogP contribution >= 0.6 is 0 Å². The molecule has 0 aromatic rings. The number of ether oxygens (including phenoxy) is 1. The lowest BCUT2D eigenvalue weighted by Gasteiger charge is -2.24. The Morgan fingerprint density at radius 2 is 2.40 bits per heavy atom. The van der Waals surface area contributed by atoms with E-state index in [4.69, 9.17) is 4.74 Å². The van der Waals surface area contributed by atoms with Crippen molar-refractivity contribution in [3.05, 3.63) is 36.2 Å². The van der Waals surface area contributed by atoms with E-state index < -0.39 is 5.54 Å².